The van der Waals surface area contributed by atoms with Crippen LogP contribution in [0, 0.1) is 0 Å². The number of rotatable bonds is 2. The number of hydrogen-bond donors (Lipinski definition) is 0. The van der Waals surface area contributed by atoms with E-state index in [1.807, 2.05) is 25.1 Å². The molecule has 1 unspecified atom stereocenters. The number of hydrogen-bond acceptors (Lipinski definition) is 0. The second kappa shape index (κ2) is 4.24. The largest absolute Gasteiger partial charge is 0.250 e. The van der Waals surface area contributed by atoms with Gasteiger partial charge in [-0.3, -0.25) is 4.39 Å². The average molecular weight is 252 g/mol. The molecule has 0 radical (unpaired) electrons. The Morgan fingerprint density at radius 1 is 1.58 bits per heavy atom. The maximum atomic E-state index is 12.3. The third-order valence-electron chi connectivity index (χ3n) is 1.74. The van der Waals surface area contributed by atoms with Crippen LogP contribution in [0.4, 0.5) is 4.39 Å². The standard InChI is InChI=1S/C9H9BrClF/c1-6(5-12)7-3-2-4-8(10)9(7)11/h2-4,6H,5H2,1H3. The van der Waals surface area contributed by atoms with Crippen LogP contribution in [0.15, 0.2) is 22.7 Å². The lowest BCUT2D eigenvalue weighted by atomic mass is 10.0. The van der Waals surface area contributed by atoms with Crippen LogP contribution in [0.2, 0.25) is 5.02 Å². The molecule has 1 aromatic carbocycles. The van der Waals surface area contributed by atoms with Crippen molar-refractivity contribution < 1.29 is 4.39 Å². The SMILES string of the molecule is CC(CF)c1cccc(Br)c1Cl. The smallest absolute Gasteiger partial charge is 0.0960 e. The van der Waals surface area contributed by atoms with Crippen molar-refractivity contribution in [2.45, 2.75) is 12.8 Å². The van der Waals surface area contributed by atoms with Gasteiger partial charge in [0.25, 0.3) is 0 Å². The summed E-state index contributed by atoms with van der Waals surface area (Å²) >= 11 is 9.24. The topological polar surface area (TPSA) is 0 Å². The van der Waals surface area contributed by atoms with E-state index in [2.05, 4.69) is 15.9 Å². The highest BCUT2D eigenvalue weighted by molar-refractivity contribution is 9.10. The Morgan fingerprint density at radius 2 is 2.25 bits per heavy atom. The lowest BCUT2D eigenvalue weighted by Gasteiger charge is -2.09. The van der Waals surface area contributed by atoms with E-state index in [4.69, 9.17) is 11.6 Å². The molecule has 0 aliphatic rings. The summed E-state index contributed by atoms with van der Waals surface area (Å²) in [5, 5.41) is 0.614. The van der Waals surface area contributed by atoms with Crippen molar-refractivity contribution in [3.8, 4) is 0 Å². The molecule has 0 heterocycles. The predicted molar refractivity (Wildman–Crippen MR) is 53.5 cm³/mol. The van der Waals surface area contributed by atoms with Crippen molar-refractivity contribution in [3.63, 3.8) is 0 Å². The minimum atomic E-state index is -0.379. The van der Waals surface area contributed by atoms with Crippen LogP contribution in [-0.4, -0.2) is 6.67 Å². The van der Waals surface area contributed by atoms with Crippen LogP contribution in [0.3, 0.4) is 0 Å². The molecule has 0 fully saturated rings. The first-order valence-corrected chi connectivity index (χ1v) is 4.83. The van der Waals surface area contributed by atoms with Gasteiger partial charge in [0.05, 0.1) is 11.7 Å². The maximum Gasteiger partial charge on any atom is 0.0960 e. The minimum Gasteiger partial charge on any atom is -0.250 e. The summed E-state index contributed by atoms with van der Waals surface area (Å²) in [6.07, 6.45) is 0. The van der Waals surface area contributed by atoms with Crippen molar-refractivity contribution in [1.82, 2.24) is 0 Å². The zero-order chi connectivity index (χ0) is 9.14. The van der Waals surface area contributed by atoms with E-state index in [0.29, 0.717) is 5.02 Å². The fraction of sp³-hybridized carbons (Fsp3) is 0.333. The first-order valence-electron chi connectivity index (χ1n) is 3.66. The fourth-order valence-electron chi connectivity index (χ4n) is 0.984. The molecule has 0 bridgehead atoms. The average Bonchev–Trinajstić information content (AvgIpc) is 2.08. The first-order chi connectivity index (χ1) is 5.66. The molecule has 0 amide bonds. The van der Waals surface area contributed by atoms with E-state index in [1.54, 1.807) is 0 Å². The summed E-state index contributed by atoms with van der Waals surface area (Å²) in [6, 6.07) is 5.55. The van der Waals surface area contributed by atoms with Crippen LogP contribution >= 0.6 is 27.5 Å². The summed E-state index contributed by atoms with van der Waals surface area (Å²) in [5.41, 5.74) is 0.855. The molecule has 12 heavy (non-hydrogen) atoms. The van der Waals surface area contributed by atoms with Crippen LogP contribution in [0.25, 0.3) is 0 Å². The van der Waals surface area contributed by atoms with Crippen LogP contribution in [-0.2, 0) is 0 Å². The first kappa shape index (κ1) is 10.0. The summed E-state index contributed by atoms with van der Waals surface area (Å²) < 4.78 is 13.1. The molecule has 0 saturated heterocycles. The summed E-state index contributed by atoms with van der Waals surface area (Å²) in [5.74, 6) is -0.130. The molecule has 3 heteroatoms. The molecular weight excluding hydrogens is 242 g/mol. The monoisotopic (exact) mass is 250 g/mol. The van der Waals surface area contributed by atoms with Gasteiger partial charge in [-0.2, -0.15) is 0 Å². The third-order valence-corrected chi connectivity index (χ3v) is 3.05. The zero-order valence-electron chi connectivity index (χ0n) is 6.65. The van der Waals surface area contributed by atoms with E-state index in [0.717, 1.165) is 10.0 Å². The maximum absolute atomic E-state index is 12.3. The number of halogens is 3. The molecule has 0 saturated carbocycles. The Labute approximate surface area is 84.9 Å². The lowest BCUT2D eigenvalue weighted by molar-refractivity contribution is 0.447. The molecule has 0 N–H and O–H groups in total. The summed E-state index contributed by atoms with van der Waals surface area (Å²) in [4.78, 5) is 0. The molecular formula is C9H9BrClF. The Balaban J connectivity index is 3.07. The van der Waals surface area contributed by atoms with Crippen LogP contribution < -0.4 is 0 Å². The molecule has 1 aromatic rings. The molecule has 66 valence electrons. The second-order valence-corrected chi connectivity index (χ2v) is 3.93. The van der Waals surface area contributed by atoms with E-state index in [9.17, 15) is 4.39 Å². The van der Waals surface area contributed by atoms with Gasteiger partial charge in [0.2, 0.25) is 0 Å². The normalized spacial score (nSPS) is 13.0. The van der Waals surface area contributed by atoms with Gasteiger partial charge in [-0.25, -0.2) is 0 Å². The highest BCUT2D eigenvalue weighted by Crippen LogP contribution is 2.31. The van der Waals surface area contributed by atoms with Gasteiger partial charge < -0.3 is 0 Å². The predicted octanol–water partition coefficient (Wildman–Crippen LogP) is 4.18. The minimum absolute atomic E-state index is 0.130. The van der Waals surface area contributed by atoms with Crippen molar-refractivity contribution >= 4 is 27.5 Å². The molecule has 0 aromatic heterocycles. The Morgan fingerprint density at radius 3 is 2.83 bits per heavy atom. The Bertz CT molecular complexity index is 275. The van der Waals surface area contributed by atoms with Crippen molar-refractivity contribution in [2.24, 2.45) is 0 Å². The van der Waals surface area contributed by atoms with E-state index >= 15 is 0 Å². The quantitative estimate of drug-likeness (QED) is 0.740. The lowest BCUT2D eigenvalue weighted by Crippen LogP contribution is -1.96. The van der Waals surface area contributed by atoms with Crippen molar-refractivity contribution in [1.29, 1.82) is 0 Å². The van der Waals surface area contributed by atoms with Crippen LogP contribution in [0.1, 0.15) is 18.4 Å². The van der Waals surface area contributed by atoms with Gasteiger partial charge in [0, 0.05) is 10.4 Å². The van der Waals surface area contributed by atoms with Gasteiger partial charge >= 0.3 is 0 Å². The highest BCUT2D eigenvalue weighted by atomic mass is 79.9. The number of alkyl halides is 1. The van der Waals surface area contributed by atoms with Gasteiger partial charge in [-0.05, 0) is 27.6 Å². The van der Waals surface area contributed by atoms with Crippen LogP contribution in [0.5, 0.6) is 0 Å². The van der Waals surface area contributed by atoms with E-state index in [-0.39, 0.29) is 12.6 Å². The molecule has 1 atom stereocenters. The molecule has 0 spiro atoms. The molecule has 0 aliphatic carbocycles. The number of benzene rings is 1. The van der Waals surface area contributed by atoms with Gasteiger partial charge in [-0.1, -0.05) is 30.7 Å². The van der Waals surface area contributed by atoms with Gasteiger partial charge in [0.15, 0.2) is 0 Å². The van der Waals surface area contributed by atoms with E-state index in [1.165, 1.54) is 0 Å². The summed E-state index contributed by atoms with van der Waals surface area (Å²) in [6.45, 7) is 1.43. The van der Waals surface area contributed by atoms with E-state index < -0.39 is 0 Å². The zero-order valence-corrected chi connectivity index (χ0v) is 8.99. The van der Waals surface area contributed by atoms with Crippen molar-refractivity contribution in [2.75, 3.05) is 6.67 Å². The second-order valence-electron chi connectivity index (χ2n) is 2.70. The van der Waals surface area contributed by atoms with Gasteiger partial charge in [0.1, 0.15) is 0 Å². The molecule has 0 nitrogen and oxygen atoms in total. The highest BCUT2D eigenvalue weighted by Gasteiger charge is 2.10. The Kier molecular flexibility index (Phi) is 3.53. The fourth-order valence-corrected chi connectivity index (χ4v) is 1.68. The van der Waals surface area contributed by atoms with Gasteiger partial charge in [-0.15, -0.1) is 0 Å². The molecule has 1 rings (SSSR count). The molecule has 0 aliphatic heterocycles. The third kappa shape index (κ3) is 1.99. The Hall–Kier alpha value is -0.0800. The van der Waals surface area contributed by atoms with Crippen molar-refractivity contribution in [3.05, 3.63) is 33.3 Å². The summed E-state index contributed by atoms with van der Waals surface area (Å²) in [7, 11) is 0.